The third-order valence-electron chi connectivity index (χ3n) is 1.95. The summed E-state index contributed by atoms with van der Waals surface area (Å²) in [5, 5.41) is -0.906. The average Bonchev–Trinajstić information content (AvgIpc) is 1.82. The predicted octanol–water partition coefficient (Wildman–Crippen LogP) is 2.70. The van der Waals surface area contributed by atoms with E-state index < -0.39 is 17.7 Å². The van der Waals surface area contributed by atoms with Crippen LogP contribution < -0.4 is 0 Å². The van der Waals surface area contributed by atoms with Crippen molar-refractivity contribution in [2.75, 3.05) is 0 Å². The number of hydrogen-bond donors (Lipinski definition) is 0. The van der Waals surface area contributed by atoms with E-state index in [4.69, 9.17) is 11.6 Å². The Kier molecular flexibility index (Phi) is 2.50. The highest BCUT2D eigenvalue weighted by Crippen LogP contribution is 2.31. The molecule has 0 aromatic heterocycles. The summed E-state index contributed by atoms with van der Waals surface area (Å²) in [5.41, 5.74) is 0. The molecule has 0 heterocycles. The van der Waals surface area contributed by atoms with Gasteiger partial charge in [0.2, 0.25) is 0 Å². The SMILES string of the molecule is CC1CC(F)C(Cl)C(F)C1. The van der Waals surface area contributed by atoms with E-state index in [9.17, 15) is 8.78 Å². The van der Waals surface area contributed by atoms with Gasteiger partial charge in [0.05, 0.1) is 5.38 Å². The molecule has 0 bridgehead atoms. The summed E-state index contributed by atoms with van der Waals surface area (Å²) in [5.74, 6) is 0.139. The second-order valence-corrected chi connectivity index (χ2v) is 3.56. The Hall–Kier alpha value is 0.150. The Balaban J connectivity index is 2.49. The van der Waals surface area contributed by atoms with Crippen molar-refractivity contribution in [3.8, 4) is 0 Å². The monoisotopic (exact) mass is 168 g/mol. The van der Waals surface area contributed by atoms with Crippen LogP contribution in [0.15, 0.2) is 0 Å². The van der Waals surface area contributed by atoms with Crippen LogP contribution in [0.4, 0.5) is 8.78 Å². The first-order chi connectivity index (χ1) is 4.61. The molecule has 1 aliphatic rings. The molecule has 2 unspecified atom stereocenters. The molecule has 0 radical (unpaired) electrons. The highest BCUT2D eigenvalue weighted by Gasteiger charge is 2.35. The van der Waals surface area contributed by atoms with Gasteiger partial charge in [0.15, 0.2) is 0 Å². The average molecular weight is 169 g/mol. The lowest BCUT2D eigenvalue weighted by molar-refractivity contribution is 0.129. The van der Waals surface area contributed by atoms with Crippen LogP contribution in [0.2, 0.25) is 0 Å². The molecule has 1 fully saturated rings. The second kappa shape index (κ2) is 3.04. The van der Waals surface area contributed by atoms with Crippen molar-refractivity contribution < 1.29 is 8.78 Å². The van der Waals surface area contributed by atoms with Gasteiger partial charge in [-0.15, -0.1) is 11.6 Å². The number of rotatable bonds is 0. The van der Waals surface area contributed by atoms with E-state index in [2.05, 4.69) is 0 Å². The predicted molar refractivity (Wildman–Crippen MR) is 37.8 cm³/mol. The minimum absolute atomic E-state index is 0.139. The molecule has 0 aliphatic heterocycles. The summed E-state index contributed by atoms with van der Waals surface area (Å²) in [4.78, 5) is 0. The molecule has 1 rings (SSSR count). The van der Waals surface area contributed by atoms with Gasteiger partial charge in [-0.05, 0) is 18.8 Å². The van der Waals surface area contributed by atoms with Crippen LogP contribution in [0.25, 0.3) is 0 Å². The largest absolute Gasteiger partial charge is 0.246 e. The molecule has 0 amide bonds. The van der Waals surface area contributed by atoms with E-state index in [0.717, 1.165) is 0 Å². The zero-order valence-electron chi connectivity index (χ0n) is 5.86. The molecule has 0 spiro atoms. The molecule has 10 heavy (non-hydrogen) atoms. The fraction of sp³-hybridized carbons (Fsp3) is 1.00. The second-order valence-electron chi connectivity index (χ2n) is 3.05. The van der Waals surface area contributed by atoms with E-state index >= 15 is 0 Å². The minimum atomic E-state index is -1.15. The van der Waals surface area contributed by atoms with Crippen molar-refractivity contribution in [3.63, 3.8) is 0 Å². The molecule has 0 aromatic rings. The Morgan fingerprint density at radius 2 is 1.60 bits per heavy atom. The molecule has 0 nitrogen and oxygen atoms in total. The molecule has 0 N–H and O–H groups in total. The fourth-order valence-corrected chi connectivity index (χ4v) is 1.56. The summed E-state index contributed by atoms with van der Waals surface area (Å²) >= 11 is 5.43. The van der Waals surface area contributed by atoms with Crippen molar-refractivity contribution in [1.82, 2.24) is 0 Å². The van der Waals surface area contributed by atoms with Crippen LogP contribution >= 0.6 is 11.6 Å². The maximum Gasteiger partial charge on any atom is 0.119 e. The van der Waals surface area contributed by atoms with Gasteiger partial charge in [0, 0.05) is 0 Å². The summed E-state index contributed by atoms with van der Waals surface area (Å²) in [6.07, 6.45) is -1.48. The lowest BCUT2D eigenvalue weighted by atomic mass is 9.88. The van der Waals surface area contributed by atoms with Gasteiger partial charge in [-0.2, -0.15) is 0 Å². The number of alkyl halides is 3. The van der Waals surface area contributed by atoms with Crippen LogP contribution in [-0.2, 0) is 0 Å². The summed E-state index contributed by atoms with van der Waals surface area (Å²) in [6.45, 7) is 1.85. The van der Waals surface area contributed by atoms with E-state index in [0.29, 0.717) is 12.8 Å². The van der Waals surface area contributed by atoms with Crippen molar-refractivity contribution >= 4 is 11.6 Å². The Labute approximate surface area is 64.6 Å². The van der Waals surface area contributed by atoms with Gasteiger partial charge in [-0.3, -0.25) is 0 Å². The third kappa shape index (κ3) is 1.60. The first-order valence-electron chi connectivity index (χ1n) is 3.53. The highest BCUT2D eigenvalue weighted by atomic mass is 35.5. The standard InChI is InChI=1S/C7H11ClF2/c1-4-2-5(9)7(8)6(10)3-4/h4-7H,2-3H2,1H3. The van der Waals surface area contributed by atoms with Crippen LogP contribution in [-0.4, -0.2) is 17.7 Å². The highest BCUT2D eigenvalue weighted by molar-refractivity contribution is 6.21. The molecular formula is C7H11ClF2. The quantitative estimate of drug-likeness (QED) is 0.488. The van der Waals surface area contributed by atoms with Crippen molar-refractivity contribution in [3.05, 3.63) is 0 Å². The maximum atomic E-state index is 12.7. The van der Waals surface area contributed by atoms with Crippen LogP contribution in [0.5, 0.6) is 0 Å². The van der Waals surface area contributed by atoms with Gasteiger partial charge in [0.1, 0.15) is 12.3 Å². The first-order valence-corrected chi connectivity index (χ1v) is 3.97. The molecule has 0 saturated heterocycles. The number of halogens is 3. The van der Waals surface area contributed by atoms with Gasteiger partial charge in [-0.25, -0.2) is 8.78 Å². The van der Waals surface area contributed by atoms with E-state index in [-0.39, 0.29) is 5.92 Å². The first kappa shape index (κ1) is 8.25. The van der Waals surface area contributed by atoms with Crippen molar-refractivity contribution in [1.29, 1.82) is 0 Å². The Morgan fingerprint density at radius 3 is 2.00 bits per heavy atom. The maximum absolute atomic E-state index is 12.7. The van der Waals surface area contributed by atoms with Gasteiger partial charge in [-0.1, -0.05) is 6.92 Å². The smallest absolute Gasteiger partial charge is 0.119 e. The molecule has 60 valence electrons. The van der Waals surface area contributed by atoms with Crippen LogP contribution in [0, 0.1) is 5.92 Å². The third-order valence-corrected chi connectivity index (χ3v) is 2.49. The van der Waals surface area contributed by atoms with Crippen molar-refractivity contribution in [2.45, 2.75) is 37.5 Å². The van der Waals surface area contributed by atoms with Gasteiger partial charge in [0.25, 0.3) is 0 Å². The van der Waals surface area contributed by atoms with Gasteiger partial charge < -0.3 is 0 Å². The minimum Gasteiger partial charge on any atom is -0.246 e. The van der Waals surface area contributed by atoms with Crippen molar-refractivity contribution in [2.24, 2.45) is 5.92 Å². The van der Waals surface area contributed by atoms with Crippen LogP contribution in [0.1, 0.15) is 19.8 Å². The molecule has 0 aromatic carbocycles. The van der Waals surface area contributed by atoms with E-state index in [1.807, 2.05) is 6.92 Å². The summed E-state index contributed by atoms with van der Waals surface area (Å²) in [6, 6.07) is 0. The molecule has 1 aliphatic carbocycles. The Bertz CT molecular complexity index is 106. The Morgan fingerprint density at radius 1 is 1.20 bits per heavy atom. The number of hydrogen-bond acceptors (Lipinski definition) is 0. The lowest BCUT2D eigenvalue weighted by Gasteiger charge is -2.28. The van der Waals surface area contributed by atoms with Gasteiger partial charge >= 0.3 is 0 Å². The lowest BCUT2D eigenvalue weighted by Crippen LogP contribution is -2.35. The summed E-state index contributed by atoms with van der Waals surface area (Å²) in [7, 11) is 0. The normalized spacial score (nSPS) is 49.2. The molecule has 2 atom stereocenters. The van der Waals surface area contributed by atoms with E-state index in [1.54, 1.807) is 0 Å². The van der Waals surface area contributed by atoms with E-state index in [1.165, 1.54) is 0 Å². The molecule has 1 saturated carbocycles. The zero-order chi connectivity index (χ0) is 7.72. The van der Waals surface area contributed by atoms with Crippen LogP contribution in [0.3, 0.4) is 0 Å². The molecular weight excluding hydrogens is 158 g/mol. The molecule has 3 heteroatoms. The zero-order valence-corrected chi connectivity index (χ0v) is 6.61. The topological polar surface area (TPSA) is 0 Å². The summed E-state index contributed by atoms with van der Waals surface area (Å²) < 4.78 is 25.4. The fourth-order valence-electron chi connectivity index (χ4n) is 1.35.